The minimum Gasteiger partial charge on any atom is -0.369 e. The fourth-order valence-corrected chi connectivity index (χ4v) is 6.15. The number of nitrogens with two attached hydrogens (primary N) is 1. The topological polar surface area (TPSA) is 122 Å². The first-order valence-electron chi connectivity index (χ1n) is 12.8. The molecule has 1 saturated carbocycles. The zero-order valence-corrected chi connectivity index (χ0v) is 22.0. The molecule has 8 nitrogen and oxygen atoms in total. The minimum atomic E-state index is -3.55. The molecule has 1 heterocycles. The van der Waals surface area contributed by atoms with Crippen LogP contribution in [0.4, 0.5) is 15.8 Å². The van der Waals surface area contributed by atoms with Gasteiger partial charge in [0.2, 0.25) is 21.8 Å². The number of halogens is 1. The molecule has 4 rings (SSSR count). The molecule has 1 aliphatic carbocycles. The number of benzene rings is 2. The normalized spacial score (nSPS) is 16.8. The first-order chi connectivity index (χ1) is 17.6. The van der Waals surface area contributed by atoms with Crippen molar-refractivity contribution in [1.82, 2.24) is 5.32 Å². The summed E-state index contributed by atoms with van der Waals surface area (Å²) in [5.74, 6) is -1.45. The highest BCUT2D eigenvalue weighted by Gasteiger charge is 2.29. The van der Waals surface area contributed by atoms with E-state index >= 15 is 0 Å². The van der Waals surface area contributed by atoms with Crippen LogP contribution in [0.3, 0.4) is 0 Å². The van der Waals surface area contributed by atoms with Crippen LogP contribution in [0.15, 0.2) is 36.4 Å². The zero-order valence-electron chi connectivity index (χ0n) is 21.1. The molecule has 2 amide bonds. The van der Waals surface area contributed by atoms with E-state index in [0.29, 0.717) is 31.0 Å². The van der Waals surface area contributed by atoms with Gasteiger partial charge < -0.3 is 16.0 Å². The van der Waals surface area contributed by atoms with Crippen molar-refractivity contribution >= 4 is 33.2 Å². The molecule has 0 saturated heterocycles. The molecular formula is C27H35FN4O4S. The third-order valence-electron chi connectivity index (χ3n) is 7.32. The van der Waals surface area contributed by atoms with Gasteiger partial charge in [0, 0.05) is 36.6 Å². The van der Waals surface area contributed by atoms with Crippen LogP contribution in [0.5, 0.6) is 0 Å². The van der Waals surface area contributed by atoms with E-state index in [1.807, 2.05) is 0 Å². The summed E-state index contributed by atoms with van der Waals surface area (Å²) in [6.45, 7) is 1.70. The number of carbonyl (C=O) groups is 2. The van der Waals surface area contributed by atoms with Gasteiger partial charge in [-0.25, -0.2) is 12.8 Å². The summed E-state index contributed by atoms with van der Waals surface area (Å²) in [4.78, 5) is 28.0. The van der Waals surface area contributed by atoms with E-state index in [-0.39, 0.29) is 23.0 Å². The van der Waals surface area contributed by atoms with Crippen molar-refractivity contribution in [2.75, 3.05) is 35.5 Å². The Morgan fingerprint density at radius 2 is 1.89 bits per heavy atom. The molecule has 4 N–H and O–H groups in total. The lowest BCUT2D eigenvalue weighted by molar-refractivity contribution is -0.123. The van der Waals surface area contributed by atoms with Crippen LogP contribution >= 0.6 is 0 Å². The summed E-state index contributed by atoms with van der Waals surface area (Å²) in [6, 6.07) is 9.28. The predicted molar refractivity (Wildman–Crippen MR) is 143 cm³/mol. The highest BCUT2D eigenvalue weighted by molar-refractivity contribution is 7.92. The largest absolute Gasteiger partial charge is 0.369 e. The van der Waals surface area contributed by atoms with E-state index in [0.717, 1.165) is 56.2 Å². The average Bonchev–Trinajstić information content (AvgIpc) is 3.23. The number of hydrogen-bond acceptors (Lipinski definition) is 5. The summed E-state index contributed by atoms with van der Waals surface area (Å²) in [5, 5.41) is 3.03. The third-order valence-corrected chi connectivity index (χ3v) is 7.93. The van der Waals surface area contributed by atoms with Crippen molar-refractivity contribution in [2.24, 2.45) is 11.7 Å². The van der Waals surface area contributed by atoms with E-state index in [2.05, 4.69) is 14.9 Å². The van der Waals surface area contributed by atoms with Crippen LogP contribution in [-0.4, -0.2) is 46.1 Å². The molecule has 2 aromatic carbocycles. The van der Waals surface area contributed by atoms with Gasteiger partial charge in [-0.05, 0) is 66.3 Å². The van der Waals surface area contributed by atoms with Crippen molar-refractivity contribution in [3.63, 3.8) is 0 Å². The Hall–Kier alpha value is -3.14. The number of anilines is 2. The molecule has 1 fully saturated rings. The highest BCUT2D eigenvalue weighted by atomic mass is 32.2. The second kappa shape index (κ2) is 11.5. The number of rotatable bonds is 10. The molecule has 0 spiro atoms. The van der Waals surface area contributed by atoms with Gasteiger partial charge in [-0.15, -0.1) is 0 Å². The molecule has 10 heteroatoms. The van der Waals surface area contributed by atoms with E-state index in [1.54, 1.807) is 18.2 Å². The first kappa shape index (κ1) is 26.9. The second-order valence-corrected chi connectivity index (χ2v) is 11.9. The third kappa shape index (κ3) is 7.00. The Morgan fingerprint density at radius 1 is 1.14 bits per heavy atom. The monoisotopic (exact) mass is 530 g/mol. The lowest BCUT2D eigenvalue weighted by Gasteiger charge is -2.28. The van der Waals surface area contributed by atoms with Gasteiger partial charge in [-0.3, -0.25) is 14.3 Å². The number of nitrogens with one attached hydrogen (secondary N) is 2. The molecule has 1 aliphatic heterocycles. The first-order valence-corrected chi connectivity index (χ1v) is 14.7. The molecule has 1 atom stereocenters. The Morgan fingerprint density at radius 3 is 2.59 bits per heavy atom. The summed E-state index contributed by atoms with van der Waals surface area (Å²) >= 11 is 0. The maximum Gasteiger partial charge on any atom is 0.249 e. The van der Waals surface area contributed by atoms with E-state index in [1.165, 1.54) is 24.6 Å². The van der Waals surface area contributed by atoms with E-state index < -0.39 is 21.8 Å². The van der Waals surface area contributed by atoms with Crippen molar-refractivity contribution in [3.05, 3.63) is 58.9 Å². The maximum atomic E-state index is 13.6. The lowest BCUT2D eigenvalue weighted by Crippen LogP contribution is -2.37. The zero-order chi connectivity index (χ0) is 26.6. The second-order valence-electron chi connectivity index (χ2n) is 10.1. The maximum absolute atomic E-state index is 13.6. The van der Waals surface area contributed by atoms with Gasteiger partial charge in [0.25, 0.3) is 0 Å². The number of carbonyl (C=O) groups excluding carboxylic acids is 2. The fourth-order valence-electron chi connectivity index (χ4n) is 5.59. The van der Waals surface area contributed by atoms with Gasteiger partial charge in [0.1, 0.15) is 5.82 Å². The van der Waals surface area contributed by atoms with Gasteiger partial charge in [-0.2, -0.15) is 0 Å². The number of amides is 2. The molecular weight excluding hydrogens is 495 g/mol. The smallest absolute Gasteiger partial charge is 0.249 e. The summed E-state index contributed by atoms with van der Waals surface area (Å²) < 4.78 is 39.6. The molecule has 0 unspecified atom stereocenters. The van der Waals surface area contributed by atoms with Crippen molar-refractivity contribution in [2.45, 2.75) is 50.9 Å². The van der Waals surface area contributed by atoms with E-state index in [9.17, 15) is 22.4 Å². The molecule has 37 heavy (non-hydrogen) atoms. The van der Waals surface area contributed by atoms with Crippen LogP contribution < -0.4 is 20.7 Å². The summed E-state index contributed by atoms with van der Waals surface area (Å²) in [5.41, 5.74) is 8.53. The van der Waals surface area contributed by atoms with E-state index in [4.69, 9.17) is 5.73 Å². The van der Waals surface area contributed by atoms with Gasteiger partial charge in [-0.1, -0.05) is 32.1 Å². The molecule has 2 aromatic rings. The number of nitrogens with zero attached hydrogens (tertiary/aromatic N) is 1. The van der Waals surface area contributed by atoms with Crippen LogP contribution in [-0.2, 0) is 21.2 Å². The standard InChI is InChI=1S/C27H35FN4O4S/c1-37(35,36)31-21-8-9-22(26(29)33)23(17-21)24(15-18-5-3-2-4-6-18)27(34)30-12-14-32-13-11-19-16-20(28)7-10-25(19)32/h7-10,16-18,24,31H,2-6,11-15H2,1H3,(H2,29,33)(H,30,34)/t24-/m0/s1. The minimum absolute atomic E-state index is 0.213. The van der Waals surface area contributed by atoms with Gasteiger partial charge >= 0.3 is 0 Å². The van der Waals surface area contributed by atoms with Crippen LogP contribution in [0.25, 0.3) is 0 Å². The Labute approximate surface area is 217 Å². The van der Waals surface area contributed by atoms with Crippen molar-refractivity contribution < 1.29 is 22.4 Å². The Bertz CT molecular complexity index is 1260. The molecule has 2 aliphatic rings. The number of sulfonamides is 1. The summed E-state index contributed by atoms with van der Waals surface area (Å²) in [6.07, 6.45) is 7.77. The van der Waals surface area contributed by atoms with Gasteiger partial charge in [0.05, 0.1) is 12.2 Å². The molecule has 200 valence electrons. The van der Waals surface area contributed by atoms with Crippen LogP contribution in [0.1, 0.15) is 65.9 Å². The predicted octanol–water partition coefficient (Wildman–Crippen LogP) is 3.53. The molecule has 0 radical (unpaired) electrons. The van der Waals surface area contributed by atoms with Crippen LogP contribution in [0, 0.1) is 11.7 Å². The Kier molecular flexibility index (Phi) is 8.36. The number of primary amides is 1. The quantitative estimate of drug-likeness (QED) is 0.434. The number of hydrogen-bond donors (Lipinski definition) is 3. The molecule has 0 bridgehead atoms. The SMILES string of the molecule is CS(=O)(=O)Nc1ccc(C(N)=O)c([C@H](CC2CCCCC2)C(=O)NCCN2CCc3cc(F)ccc32)c1. The summed E-state index contributed by atoms with van der Waals surface area (Å²) in [7, 11) is -3.55. The van der Waals surface area contributed by atoms with Crippen LogP contribution in [0.2, 0.25) is 0 Å². The number of fused-ring (bicyclic) bond motifs is 1. The van der Waals surface area contributed by atoms with Gasteiger partial charge in [0.15, 0.2) is 0 Å². The van der Waals surface area contributed by atoms with Crippen molar-refractivity contribution in [1.29, 1.82) is 0 Å². The highest BCUT2D eigenvalue weighted by Crippen LogP contribution is 2.36. The van der Waals surface area contributed by atoms with Crippen molar-refractivity contribution in [3.8, 4) is 0 Å². The average molecular weight is 531 g/mol. The lowest BCUT2D eigenvalue weighted by atomic mass is 9.79. The molecule has 0 aromatic heterocycles. The fraction of sp³-hybridized carbons (Fsp3) is 0.481. The Balaban J connectivity index is 1.54.